The SMILES string of the molecule is c1ccc2c(c1)CCCN2c1cnc(-c2ccc(-c3ccc(-n4c5ccccc5c5ccc6ccccc6c54)cc3)cc2)nc1. The molecule has 214 valence electrons. The van der Waals surface area contributed by atoms with E-state index in [9.17, 15) is 0 Å². The van der Waals surface area contributed by atoms with Crippen LogP contribution in [0.4, 0.5) is 11.4 Å². The van der Waals surface area contributed by atoms with Gasteiger partial charge in [-0.05, 0) is 59.2 Å². The Kier molecular flexibility index (Phi) is 5.98. The summed E-state index contributed by atoms with van der Waals surface area (Å²) >= 11 is 0. The van der Waals surface area contributed by atoms with Gasteiger partial charge in [0.1, 0.15) is 0 Å². The van der Waals surface area contributed by atoms with E-state index in [0.29, 0.717) is 0 Å². The largest absolute Gasteiger partial charge is 0.339 e. The van der Waals surface area contributed by atoms with Gasteiger partial charge in [-0.25, -0.2) is 9.97 Å². The van der Waals surface area contributed by atoms with Crippen molar-refractivity contribution in [1.82, 2.24) is 14.5 Å². The highest BCUT2D eigenvalue weighted by Gasteiger charge is 2.19. The Bertz CT molecular complexity index is 2330. The maximum absolute atomic E-state index is 4.76. The highest BCUT2D eigenvalue weighted by Crippen LogP contribution is 2.37. The molecule has 4 nitrogen and oxygen atoms in total. The topological polar surface area (TPSA) is 34.0 Å². The molecule has 0 radical (unpaired) electrons. The van der Waals surface area contributed by atoms with Gasteiger partial charge < -0.3 is 9.47 Å². The molecule has 2 aromatic heterocycles. The van der Waals surface area contributed by atoms with Crippen molar-refractivity contribution in [1.29, 1.82) is 0 Å². The summed E-state index contributed by atoms with van der Waals surface area (Å²) in [4.78, 5) is 11.8. The van der Waals surface area contributed by atoms with Crippen LogP contribution in [0, 0.1) is 0 Å². The van der Waals surface area contributed by atoms with Gasteiger partial charge >= 0.3 is 0 Å². The van der Waals surface area contributed by atoms with Crippen LogP contribution in [0.25, 0.3) is 60.8 Å². The molecule has 8 aromatic rings. The van der Waals surface area contributed by atoms with Crippen LogP contribution in [0.2, 0.25) is 0 Å². The van der Waals surface area contributed by atoms with E-state index >= 15 is 0 Å². The van der Waals surface area contributed by atoms with Crippen LogP contribution >= 0.6 is 0 Å². The van der Waals surface area contributed by atoms with Crippen LogP contribution in [0.1, 0.15) is 12.0 Å². The number of aryl methyl sites for hydroxylation is 1. The third-order valence-corrected chi connectivity index (χ3v) is 9.22. The van der Waals surface area contributed by atoms with E-state index in [1.807, 2.05) is 12.4 Å². The Balaban J connectivity index is 1.02. The first-order chi connectivity index (χ1) is 22.3. The van der Waals surface area contributed by atoms with Crippen molar-refractivity contribution in [3.8, 4) is 28.2 Å². The molecule has 0 atom stereocenters. The minimum absolute atomic E-state index is 0.740. The summed E-state index contributed by atoms with van der Waals surface area (Å²) in [6, 6.07) is 48.0. The normalized spacial score (nSPS) is 13.0. The van der Waals surface area contributed by atoms with Crippen LogP contribution in [0.3, 0.4) is 0 Å². The number of benzene rings is 6. The summed E-state index contributed by atoms with van der Waals surface area (Å²) in [6.07, 6.45) is 6.17. The van der Waals surface area contributed by atoms with E-state index in [0.717, 1.165) is 42.1 Å². The number of anilines is 2. The second-order valence-corrected chi connectivity index (χ2v) is 11.8. The lowest BCUT2D eigenvalue weighted by molar-refractivity contribution is 0.764. The lowest BCUT2D eigenvalue weighted by atomic mass is 10.0. The Labute approximate surface area is 261 Å². The monoisotopic (exact) mass is 578 g/mol. The maximum atomic E-state index is 4.76. The van der Waals surface area contributed by atoms with Gasteiger partial charge in [0.2, 0.25) is 0 Å². The quantitative estimate of drug-likeness (QED) is 0.208. The van der Waals surface area contributed by atoms with Gasteiger partial charge in [-0.15, -0.1) is 0 Å². The van der Waals surface area contributed by atoms with Gasteiger partial charge in [-0.3, -0.25) is 0 Å². The third kappa shape index (κ3) is 4.29. The van der Waals surface area contributed by atoms with Gasteiger partial charge in [-0.2, -0.15) is 0 Å². The van der Waals surface area contributed by atoms with E-state index in [1.54, 1.807) is 0 Å². The smallest absolute Gasteiger partial charge is 0.159 e. The first kappa shape index (κ1) is 25.7. The molecule has 1 aliphatic rings. The molecule has 0 saturated heterocycles. The van der Waals surface area contributed by atoms with Crippen molar-refractivity contribution < 1.29 is 0 Å². The lowest BCUT2D eigenvalue weighted by Crippen LogP contribution is -2.24. The third-order valence-electron chi connectivity index (χ3n) is 9.22. The van der Waals surface area contributed by atoms with Crippen LogP contribution in [0.5, 0.6) is 0 Å². The van der Waals surface area contributed by atoms with Gasteiger partial charge in [0.25, 0.3) is 0 Å². The lowest BCUT2D eigenvalue weighted by Gasteiger charge is -2.30. The number of aromatic nitrogens is 3. The van der Waals surface area contributed by atoms with Crippen molar-refractivity contribution in [2.45, 2.75) is 12.8 Å². The average Bonchev–Trinajstić information content (AvgIpc) is 3.47. The predicted molar refractivity (Wildman–Crippen MR) is 187 cm³/mol. The van der Waals surface area contributed by atoms with E-state index in [4.69, 9.17) is 9.97 Å². The second-order valence-electron chi connectivity index (χ2n) is 11.8. The molecule has 1 aliphatic heterocycles. The summed E-state index contributed by atoms with van der Waals surface area (Å²) in [5, 5.41) is 5.07. The Morgan fingerprint density at radius 1 is 0.511 bits per heavy atom. The number of fused-ring (bicyclic) bond motifs is 6. The number of para-hydroxylation sites is 2. The number of hydrogen-bond acceptors (Lipinski definition) is 3. The molecular weight excluding hydrogens is 548 g/mol. The molecule has 4 heteroatoms. The first-order valence-corrected chi connectivity index (χ1v) is 15.6. The molecule has 0 amide bonds. The molecular formula is C41H30N4. The van der Waals surface area contributed by atoms with Crippen molar-refractivity contribution >= 4 is 44.0 Å². The zero-order chi connectivity index (χ0) is 29.7. The molecule has 0 saturated carbocycles. The molecule has 0 N–H and O–H groups in total. The highest BCUT2D eigenvalue weighted by atomic mass is 15.2. The van der Waals surface area contributed by atoms with Gasteiger partial charge in [0.05, 0.1) is 29.1 Å². The zero-order valence-corrected chi connectivity index (χ0v) is 24.8. The van der Waals surface area contributed by atoms with Crippen molar-refractivity contribution in [3.05, 3.63) is 151 Å². The Hall–Kier alpha value is -5.74. The summed E-state index contributed by atoms with van der Waals surface area (Å²) in [5.41, 5.74) is 10.7. The van der Waals surface area contributed by atoms with Crippen molar-refractivity contribution in [2.24, 2.45) is 0 Å². The van der Waals surface area contributed by atoms with E-state index < -0.39 is 0 Å². The van der Waals surface area contributed by atoms with Crippen LogP contribution < -0.4 is 4.90 Å². The molecule has 0 fully saturated rings. The first-order valence-electron chi connectivity index (χ1n) is 15.6. The molecule has 0 bridgehead atoms. The number of hydrogen-bond donors (Lipinski definition) is 0. The minimum Gasteiger partial charge on any atom is -0.339 e. The Morgan fingerprint density at radius 3 is 2.00 bits per heavy atom. The molecule has 9 rings (SSSR count). The van der Waals surface area contributed by atoms with Gasteiger partial charge in [0.15, 0.2) is 5.82 Å². The molecule has 6 aromatic carbocycles. The minimum atomic E-state index is 0.740. The van der Waals surface area contributed by atoms with Crippen molar-refractivity contribution in [3.63, 3.8) is 0 Å². The average molecular weight is 579 g/mol. The summed E-state index contributed by atoms with van der Waals surface area (Å²) in [6.45, 7) is 0.987. The number of nitrogens with zero attached hydrogens (tertiary/aromatic N) is 4. The van der Waals surface area contributed by atoms with E-state index in [2.05, 4.69) is 143 Å². The van der Waals surface area contributed by atoms with E-state index in [-0.39, 0.29) is 0 Å². The maximum Gasteiger partial charge on any atom is 0.159 e. The van der Waals surface area contributed by atoms with E-state index in [1.165, 1.54) is 55.0 Å². The zero-order valence-electron chi connectivity index (χ0n) is 24.8. The van der Waals surface area contributed by atoms with Gasteiger partial charge in [-0.1, -0.05) is 109 Å². The van der Waals surface area contributed by atoms with Crippen LogP contribution in [-0.4, -0.2) is 21.1 Å². The predicted octanol–water partition coefficient (Wildman–Crippen LogP) is 10.1. The molecule has 3 heterocycles. The highest BCUT2D eigenvalue weighted by molar-refractivity contribution is 6.18. The van der Waals surface area contributed by atoms with Gasteiger partial charge in [0, 0.05) is 39.6 Å². The van der Waals surface area contributed by atoms with Crippen molar-refractivity contribution in [2.75, 3.05) is 11.4 Å². The molecule has 0 spiro atoms. The molecule has 0 aliphatic carbocycles. The molecule has 0 unspecified atom stereocenters. The standard InChI is InChI=1S/C41H30N4/c1-3-11-35-30(8-1)21-24-37-36-12-4-6-14-39(36)45(40(35)37)33-22-19-29(20-23-33)28-15-17-32(18-16-28)41-42-26-34(27-43-41)44-25-7-10-31-9-2-5-13-38(31)44/h1-6,8-9,11-24,26-27H,7,10,25H2. The summed E-state index contributed by atoms with van der Waals surface area (Å²) in [5.74, 6) is 0.740. The van der Waals surface area contributed by atoms with Crippen LogP contribution in [-0.2, 0) is 6.42 Å². The number of rotatable bonds is 4. The summed E-state index contributed by atoms with van der Waals surface area (Å²) in [7, 11) is 0. The summed E-state index contributed by atoms with van der Waals surface area (Å²) < 4.78 is 2.41. The fraction of sp³-hybridized carbons (Fsp3) is 0.0732. The fourth-order valence-electron chi connectivity index (χ4n) is 7.02. The second kappa shape index (κ2) is 10.5. The fourth-order valence-corrected chi connectivity index (χ4v) is 7.02. The van der Waals surface area contributed by atoms with Crippen LogP contribution in [0.15, 0.2) is 146 Å². The Morgan fingerprint density at radius 2 is 1.18 bits per heavy atom. The molecule has 45 heavy (non-hydrogen) atoms.